The van der Waals surface area contributed by atoms with E-state index < -0.39 is 10.0 Å². The van der Waals surface area contributed by atoms with Gasteiger partial charge < -0.3 is 4.90 Å². The molecular formula is C22H30N2O3S2. The fraction of sp³-hybridized carbons (Fsp3) is 0.500. The Hall–Kier alpha value is -1.70. The molecule has 0 N–H and O–H groups in total. The number of aryl methyl sites for hydroxylation is 1. The first-order chi connectivity index (χ1) is 13.8. The van der Waals surface area contributed by atoms with Crippen LogP contribution in [0, 0.1) is 6.92 Å². The summed E-state index contributed by atoms with van der Waals surface area (Å²) in [7, 11) is -3.43. The molecule has 0 bridgehead atoms. The van der Waals surface area contributed by atoms with Crippen LogP contribution < -0.4 is 0 Å². The Morgan fingerprint density at radius 2 is 1.97 bits per heavy atom. The van der Waals surface area contributed by atoms with Crippen LogP contribution >= 0.6 is 11.3 Å². The Morgan fingerprint density at radius 3 is 2.66 bits per heavy atom. The van der Waals surface area contributed by atoms with Crippen LogP contribution in [0.4, 0.5) is 0 Å². The maximum absolute atomic E-state index is 13.3. The third kappa shape index (κ3) is 5.08. The number of nitrogens with zero attached hydrogens (tertiary/aromatic N) is 2. The topological polar surface area (TPSA) is 57.7 Å². The molecule has 0 aliphatic carbocycles. The minimum atomic E-state index is -3.43. The first kappa shape index (κ1) is 22.0. The third-order valence-corrected chi connectivity index (χ3v) is 7.81. The van der Waals surface area contributed by atoms with Crippen molar-refractivity contribution in [1.82, 2.24) is 9.21 Å². The van der Waals surface area contributed by atoms with Crippen molar-refractivity contribution >= 4 is 27.3 Å². The summed E-state index contributed by atoms with van der Waals surface area (Å²) in [5.74, 6) is -0.128. The Bertz CT molecular complexity index is 952. The summed E-state index contributed by atoms with van der Waals surface area (Å²) in [5.41, 5.74) is 3.41. The van der Waals surface area contributed by atoms with E-state index in [9.17, 15) is 13.2 Å². The van der Waals surface area contributed by atoms with Crippen LogP contribution in [-0.4, -0.2) is 49.4 Å². The Labute approximate surface area is 178 Å². The van der Waals surface area contributed by atoms with Gasteiger partial charge in [-0.15, -0.1) is 11.3 Å². The highest BCUT2D eigenvalue weighted by Crippen LogP contribution is 2.39. The monoisotopic (exact) mass is 434 g/mol. The second kappa shape index (κ2) is 9.41. The smallest absolute Gasteiger partial charge is 0.238 e. The number of carbonyl (C=O) groups excluding carboxylic acids is 1. The van der Waals surface area contributed by atoms with E-state index in [0.717, 1.165) is 36.8 Å². The van der Waals surface area contributed by atoms with Crippen LogP contribution in [0.25, 0.3) is 0 Å². The van der Waals surface area contributed by atoms with Gasteiger partial charge in [-0.2, -0.15) is 4.31 Å². The van der Waals surface area contributed by atoms with Gasteiger partial charge in [-0.3, -0.25) is 4.79 Å². The van der Waals surface area contributed by atoms with Crippen LogP contribution in [0.5, 0.6) is 0 Å². The summed E-state index contributed by atoms with van der Waals surface area (Å²) in [6, 6.07) is 10.1. The van der Waals surface area contributed by atoms with Crippen LogP contribution in [0.3, 0.4) is 0 Å². The van der Waals surface area contributed by atoms with Gasteiger partial charge >= 0.3 is 0 Å². The highest BCUT2D eigenvalue weighted by Gasteiger charge is 2.34. The Morgan fingerprint density at radius 1 is 1.21 bits per heavy atom. The quantitative estimate of drug-likeness (QED) is 0.591. The molecule has 1 aromatic carbocycles. The van der Waals surface area contributed by atoms with Gasteiger partial charge in [0.15, 0.2) is 0 Å². The van der Waals surface area contributed by atoms with E-state index in [4.69, 9.17) is 0 Å². The molecule has 29 heavy (non-hydrogen) atoms. The molecular weight excluding hydrogens is 404 g/mol. The maximum Gasteiger partial charge on any atom is 0.238 e. The van der Waals surface area contributed by atoms with Crippen molar-refractivity contribution in [3.8, 4) is 0 Å². The van der Waals surface area contributed by atoms with Gasteiger partial charge in [0.25, 0.3) is 0 Å². The standard InChI is InChI=1S/C22H30N2O3S2/c1-4-5-8-13-23(29(3,26)27)16-21(25)24-14-11-20-19(12-15-28-20)22(24)18-10-7-6-9-17(18)2/h6-7,9-10,12,15,22H,4-5,8,11,13-14,16H2,1-3H3. The zero-order valence-electron chi connectivity index (χ0n) is 17.4. The van der Waals surface area contributed by atoms with Crippen molar-refractivity contribution in [1.29, 1.82) is 0 Å². The van der Waals surface area contributed by atoms with Crippen LogP contribution in [-0.2, 0) is 21.2 Å². The van der Waals surface area contributed by atoms with Gasteiger partial charge in [-0.1, -0.05) is 44.0 Å². The van der Waals surface area contributed by atoms with Crippen molar-refractivity contribution in [3.63, 3.8) is 0 Å². The Kier molecular flexibility index (Phi) is 7.14. The van der Waals surface area contributed by atoms with Crippen molar-refractivity contribution in [3.05, 3.63) is 57.3 Å². The molecule has 3 rings (SSSR count). The molecule has 1 aliphatic rings. The number of unbranched alkanes of at least 4 members (excludes halogenated alkanes) is 2. The van der Waals surface area contributed by atoms with E-state index in [-0.39, 0.29) is 18.5 Å². The molecule has 158 valence electrons. The van der Waals surface area contributed by atoms with Crippen LogP contribution in [0.1, 0.15) is 53.8 Å². The van der Waals surface area contributed by atoms with Crippen molar-refractivity contribution in [2.24, 2.45) is 0 Å². The van der Waals surface area contributed by atoms with Crippen molar-refractivity contribution in [2.45, 2.75) is 45.6 Å². The number of sulfonamides is 1. The van der Waals surface area contributed by atoms with E-state index >= 15 is 0 Å². The molecule has 0 fully saturated rings. The molecule has 2 heterocycles. The summed E-state index contributed by atoms with van der Waals surface area (Å²) in [6.45, 7) is 5.05. The highest BCUT2D eigenvalue weighted by atomic mass is 32.2. The lowest BCUT2D eigenvalue weighted by Gasteiger charge is -2.38. The highest BCUT2D eigenvalue weighted by molar-refractivity contribution is 7.88. The van der Waals surface area contributed by atoms with Gasteiger partial charge in [0, 0.05) is 18.0 Å². The predicted octanol–water partition coefficient (Wildman–Crippen LogP) is 3.98. The lowest BCUT2D eigenvalue weighted by atomic mass is 9.90. The number of rotatable bonds is 8. The van der Waals surface area contributed by atoms with Gasteiger partial charge in [0.1, 0.15) is 0 Å². The SMILES string of the molecule is CCCCCN(CC(=O)N1CCc2sccc2C1c1ccccc1C)S(C)(=O)=O. The largest absolute Gasteiger partial charge is 0.330 e. The minimum Gasteiger partial charge on any atom is -0.330 e. The van der Waals surface area contributed by atoms with Crippen LogP contribution in [0.2, 0.25) is 0 Å². The summed E-state index contributed by atoms with van der Waals surface area (Å²) < 4.78 is 25.9. The van der Waals surface area contributed by atoms with Gasteiger partial charge in [-0.05, 0) is 47.9 Å². The number of amides is 1. The summed E-state index contributed by atoms with van der Waals surface area (Å²) >= 11 is 1.73. The van der Waals surface area contributed by atoms with Crippen LogP contribution in [0.15, 0.2) is 35.7 Å². The molecule has 5 nitrogen and oxygen atoms in total. The van der Waals surface area contributed by atoms with Gasteiger partial charge in [0.05, 0.1) is 18.8 Å². The number of hydrogen-bond acceptors (Lipinski definition) is 4. The number of benzene rings is 1. The van der Waals surface area contributed by atoms with Gasteiger partial charge in [-0.25, -0.2) is 8.42 Å². The summed E-state index contributed by atoms with van der Waals surface area (Å²) in [5, 5.41) is 2.08. The first-order valence-electron chi connectivity index (χ1n) is 10.2. The minimum absolute atomic E-state index is 0.0929. The van der Waals surface area contributed by atoms with E-state index in [0.29, 0.717) is 13.1 Å². The zero-order valence-corrected chi connectivity index (χ0v) is 19.1. The number of hydrogen-bond donors (Lipinski definition) is 0. The molecule has 2 aromatic rings. The summed E-state index contributed by atoms with van der Waals surface area (Å²) in [6.07, 6.45) is 4.74. The van der Waals surface area contributed by atoms with Crippen molar-refractivity contribution in [2.75, 3.05) is 25.9 Å². The molecule has 1 amide bonds. The molecule has 0 saturated carbocycles. The fourth-order valence-electron chi connectivity index (χ4n) is 3.96. The van der Waals surface area contributed by atoms with E-state index in [1.54, 1.807) is 11.3 Å². The van der Waals surface area contributed by atoms with E-state index in [1.807, 2.05) is 17.0 Å². The van der Waals surface area contributed by atoms with E-state index in [1.165, 1.54) is 21.0 Å². The lowest BCUT2D eigenvalue weighted by molar-refractivity contribution is -0.133. The average molecular weight is 435 g/mol. The first-order valence-corrected chi connectivity index (χ1v) is 12.9. The summed E-state index contributed by atoms with van der Waals surface area (Å²) in [4.78, 5) is 16.5. The molecule has 0 saturated heterocycles. The zero-order chi connectivity index (χ0) is 21.0. The number of carbonyl (C=O) groups is 1. The Balaban J connectivity index is 1.89. The van der Waals surface area contributed by atoms with Gasteiger partial charge in [0.2, 0.25) is 15.9 Å². The molecule has 1 aromatic heterocycles. The molecule has 1 unspecified atom stereocenters. The third-order valence-electron chi connectivity index (χ3n) is 5.56. The maximum atomic E-state index is 13.3. The lowest BCUT2D eigenvalue weighted by Crippen LogP contribution is -2.46. The molecule has 7 heteroatoms. The fourth-order valence-corrected chi connectivity index (χ4v) is 5.67. The normalized spacial score (nSPS) is 16.8. The molecule has 1 atom stereocenters. The van der Waals surface area contributed by atoms with Crippen molar-refractivity contribution < 1.29 is 13.2 Å². The molecule has 0 spiro atoms. The number of thiophene rings is 1. The second-order valence-corrected chi connectivity index (χ2v) is 10.7. The predicted molar refractivity (Wildman–Crippen MR) is 119 cm³/mol. The second-order valence-electron chi connectivity index (χ2n) is 7.70. The average Bonchev–Trinajstić information content (AvgIpc) is 3.15. The molecule has 0 radical (unpaired) electrons. The van der Waals surface area contributed by atoms with E-state index in [2.05, 4.69) is 37.4 Å². The number of fused-ring (bicyclic) bond motifs is 1. The molecule has 1 aliphatic heterocycles.